The fourth-order valence-electron chi connectivity index (χ4n) is 2.36. The molecule has 2 rings (SSSR count). The van der Waals surface area contributed by atoms with Crippen molar-refractivity contribution in [3.63, 3.8) is 0 Å². The van der Waals surface area contributed by atoms with Crippen molar-refractivity contribution in [2.75, 3.05) is 19.3 Å². The lowest BCUT2D eigenvalue weighted by Gasteiger charge is -2.27. The Morgan fingerprint density at radius 1 is 1.39 bits per heavy atom. The number of fused-ring (bicyclic) bond motifs is 1. The van der Waals surface area contributed by atoms with E-state index in [-0.39, 0.29) is 18.7 Å². The van der Waals surface area contributed by atoms with Crippen LogP contribution in [0.4, 0.5) is 13.2 Å². The minimum Gasteiger partial charge on any atom is -0.352 e. The maximum Gasteiger partial charge on any atom is 0.390 e. The zero-order valence-electron chi connectivity index (χ0n) is 12.4. The van der Waals surface area contributed by atoms with Crippen LogP contribution in [0.15, 0.2) is 12.4 Å². The summed E-state index contributed by atoms with van der Waals surface area (Å²) in [6.45, 7) is -0.190. The second kappa shape index (κ2) is 6.44. The second-order valence-corrected chi connectivity index (χ2v) is 7.27. The van der Waals surface area contributed by atoms with Crippen molar-refractivity contribution in [3.8, 4) is 0 Å². The van der Waals surface area contributed by atoms with Gasteiger partial charge in [0.15, 0.2) is 0 Å². The molecule has 1 amide bonds. The average Bonchev–Trinajstić information content (AvgIpc) is 2.43. The summed E-state index contributed by atoms with van der Waals surface area (Å²) in [5.41, 5.74) is 1.41. The molecule has 0 aliphatic carbocycles. The minimum absolute atomic E-state index is 0.102. The average molecular weight is 351 g/mol. The molecule has 0 bridgehead atoms. The van der Waals surface area contributed by atoms with E-state index >= 15 is 0 Å². The van der Waals surface area contributed by atoms with Gasteiger partial charge < -0.3 is 5.32 Å². The highest BCUT2D eigenvalue weighted by atomic mass is 32.2. The third-order valence-corrected chi connectivity index (χ3v) is 4.76. The highest BCUT2D eigenvalue weighted by Crippen LogP contribution is 2.23. The molecular weight excluding hydrogens is 335 g/mol. The molecule has 23 heavy (non-hydrogen) atoms. The number of sulfonamides is 1. The van der Waals surface area contributed by atoms with Crippen LogP contribution in [0.2, 0.25) is 0 Å². The molecule has 0 saturated carbocycles. The zero-order chi connectivity index (χ0) is 17.3. The topological polar surface area (TPSA) is 79.4 Å². The number of rotatable bonds is 4. The van der Waals surface area contributed by atoms with Crippen molar-refractivity contribution in [1.29, 1.82) is 0 Å². The zero-order valence-corrected chi connectivity index (χ0v) is 13.2. The van der Waals surface area contributed by atoms with Crippen molar-refractivity contribution in [2.45, 2.75) is 25.6 Å². The molecule has 1 aromatic rings. The molecule has 1 aliphatic heterocycles. The number of aromatic nitrogens is 1. The van der Waals surface area contributed by atoms with Crippen LogP contribution in [0.25, 0.3) is 0 Å². The minimum atomic E-state index is -4.34. The Bertz CT molecular complexity index is 704. The summed E-state index contributed by atoms with van der Waals surface area (Å²) in [6.07, 6.45) is -1.27. The van der Waals surface area contributed by atoms with Crippen LogP contribution in [-0.4, -0.2) is 49.1 Å². The van der Waals surface area contributed by atoms with Crippen molar-refractivity contribution < 1.29 is 26.4 Å². The smallest absolute Gasteiger partial charge is 0.352 e. The van der Waals surface area contributed by atoms with E-state index in [0.29, 0.717) is 17.5 Å². The monoisotopic (exact) mass is 351 g/mol. The molecule has 6 nitrogen and oxygen atoms in total. The third kappa shape index (κ3) is 4.64. The number of pyridine rings is 1. The number of halogens is 3. The van der Waals surface area contributed by atoms with E-state index in [0.717, 1.165) is 6.26 Å². The SMILES string of the molecule is CS(=O)(=O)N1CCc2c(cncc2C(=O)NCCC(F)(F)F)C1. The van der Waals surface area contributed by atoms with Crippen molar-refractivity contribution in [3.05, 3.63) is 29.1 Å². The van der Waals surface area contributed by atoms with E-state index in [9.17, 15) is 26.4 Å². The molecule has 2 heterocycles. The van der Waals surface area contributed by atoms with Gasteiger partial charge in [-0.3, -0.25) is 9.78 Å². The summed E-state index contributed by atoms with van der Waals surface area (Å²) < 4.78 is 60.7. The molecule has 0 unspecified atom stereocenters. The van der Waals surface area contributed by atoms with Gasteiger partial charge in [-0.25, -0.2) is 8.42 Å². The lowest BCUT2D eigenvalue weighted by atomic mass is 9.98. The molecule has 1 aliphatic rings. The lowest BCUT2D eigenvalue weighted by molar-refractivity contribution is -0.132. The Hall–Kier alpha value is -1.68. The molecule has 0 fully saturated rings. The Kier molecular flexibility index (Phi) is 4.95. The Labute approximate surface area is 131 Å². The fraction of sp³-hybridized carbons (Fsp3) is 0.538. The maximum atomic E-state index is 12.1. The van der Waals surface area contributed by atoms with E-state index in [4.69, 9.17) is 0 Å². The van der Waals surface area contributed by atoms with Gasteiger partial charge in [0.1, 0.15) is 0 Å². The van der Waals surface area contributed by atoms with E-state index in [1.165, 1.54) is 16.7 Å². The Morgan fingerprint density at radius 3 is 2.70 bits per heavy atom. The Morgan fingerprint density at radius 2 is 2.09 bits per heavy atom. The van der Waals surface area contributed by atoms with E-state index in [1.807, 2.05) is 0 Å². The number of nitrogens with zero attached hydrogens (tertiary/aromatic N) is 2. The molecule has 10 heteroatoms. The molecule has 0 radical (unpaired) electrons. The molecule has 0 atom stereocenters. The summed E-state index contributed by atoms with van der Waals surface area (Å²) in [5, 5.41) is 2.22. The van der Waals surface area contributed by atoms with Crippen LogP contribution in [0, 0.1) is 0 Å². The molecule has 1 aromatic heterocycles. The van der Waals surface area contributed by atoms with Gasteiger partial charge in [0, 0.05) is 32.0 Å². The first-order chi connectivity index (χ1) is 10.6. The molecule has 0 aromatic carbocycles. The molecule has 128 valence electrons. The molecule has 0 saturated heterocycles. The molecule has 0 spiro atoms. The molecular formula is C13H16F3N3O3S. The maximum absolute atomic E-state index is 12.1. The summed E-state index contributed by atoms with van der Waals surface area (Å²) >= 11 is 0. The second-order valence-electron chi connectivity index (χ2n) is 5.29. The number of alkyl halides is 3. The third-order valence-electron chi connectivity index (χ3n) is 3.51. The van der Waals surface area contributed by atoms with Gasteiger partial charge in [-0.1, -0.05) is 0 Å². The number of amides is 1. The van der Waals surface area contributed by atoms with Crippen LogP contribution in [-0.2, 0) is 23.0 Å². The van der Waals surface area contributed by atoms with Gasteiger partial charge in [-0.05, 0) is 17.5 Å². The number of nitrogens with one attached hydrogen (secondary N) is 1. The van der Waals surface area contributed by atoms with Crippen molar-refractivity contribution in [1.82, 2.24) is 14.6 Å². The van der Waals surface area contributed by atoms with Crippen molar-refractivity contribution in [2.24, 2.45) is 0 Å². The van der Waals surface area contributed by atoms with E-state index in [2.05, 4.69) is 10.3 Å². The summed E-state index contributed by atoms with van der Waals surface area (Å²) in [7, 11) is -3.35. The van der Waals surface area contributed by atoms with Gasteiger partial charge in [0.05, 0.1) is 18.2 Å². The van der Waals surface area contributed by atoms with Gasteiger partial charge in [-0.15, -0.1) is 0 Å². The highest BCUT2D eigenvalue weighted by Gasteiger charge is 2.28. The first kappa shape index (κ1) is 17.7. The van der Waals surface area contributed by atoms with Crippen LogP contribution < -0.4 is 5.32 Å². The Balaban J connectivity index is 2.12. The summed E-state index contributed by atoms with van der Waals surface area (Å²) in [6, 6.07) is 0. The standard InChI is InChI=1S/C13H16F3N3O3S/c1-23(21,22)19-5-2-10-9(8-19)6-17-7-11(10)12(20)18-4-3-13(14,15)16/h6-7H,2-5,8H2,1H3,(H,18,20). The highest BCUT2D eigenvalue weighted by molar-refractivity contribution is 7.88. The van der Waals surface area contributed by atoms with Gasteiger partial charge in [-0.2, -0.15) is 17.5 Å². The first-order valence-electron chi connectivity index (χ1n) is 6.84. The number of hydrogen-bond acceptors (Lipinski definition) is 4. The number of carbonyl (C=O) groups is 1. The van der Waals surface area contributed by atoms with Crippen molar-refractivity contribution >= 4 is 15.9 Å². The van der Waals surface area contributed by atoms with Gasteiger partial charge in [0.2, 0.25) is 10.0 Å². The lowest BCUT2D eigenvalue weighted by Crippen LogP contribution is -2.37. The van der Waals surface area contributed by atoms with Crippen LogP contribution in [0.3, 0.4) is 0 Å². The van der Waals surface area contributed by atoms with Gasteiger partial charge in [0.25, 0.3) is 5.91 Å². The number of hydrogen-bond donors (Lipinski definition) is 1. The fourth-order valence-corrected chi connectivity index (χ4v) is 3.16. The summed E-state index contributed by atoms with van der Waals surface area (Å²) in [4.78, 5) is 15.9. The van der Waals surface area contributed by atoms with Gasteiger partial charge >= 0.3 is 6.18 Å². The van der Waals surface area contributed by atoms with Crippen LogP contribution >= 0.6 is 0 Å². The summed E-state index contributed by atoms with van der Waals surface area (Å²) in [5.74, 6) is -0.633. The largest absolute Gasteiger partial charge is 0.390 e. The predicted molar refractivity (Wildman–Crippen MR) is 76.2 cm³/mol. The van der Waals surface area contributed by atoms with E-state index in [1.54, 1.807) is 0 Å². The quantitative estimate of drug-likeness (QED) is 0.880. The predicted octanol–water partition coefficient (Wildman–Crippen LogP) is 1.08. The number of carbonyl (C=O) groups excluding carboxylic acids is 1. The van der Waals surface area contributed by atoms with Crippen LogP contribution in [0.5, 0.6) is 0 Å². The van der Waals surface area contributed by atoms with Crippen LogP contribution in [0.1, 0.15) is 27.9 Å². The normalized spacial score (nSPS) is 16.0. The first-order valence-corrected chi connectivity index (χ1v) is 8.68. The molecule has 1 N–H and O–H groups in total. The van der Waals surface area contributed by atoms with E-state index < -0.39 is 35.1 Å².